The first kappa shape index (κ1) is 58.6. The molecule has 0 aliphatic carbocycles. The Morgan fingerprint density at radius 3 is 1.29 bits per heavy atom. The number of hydrogen-bond acceptors (Lipinski definition) is 13. The van der Waals surface area contributed by atoms with Crippen molar-refractivity contribution in [3.05, 3.63) is 222 Å². The molecule has 0 unspecified atom stereocenters. The minimum Gasteiger partial charge on any atom is -0.473 e. The lowest BCUT2D eigenvalue weighted by molar-refractivity contribution is 0.0397. The number of methoxy groups -OCH3 is 2. The molecule has 0 saturated heterocycles. The molecular formula is C62H42Cl2F6N8O7. The summed E-state index contributed by atoms with van der Waals surface area (Å²) in [5, 5.41) is 18.3. The highest BCUT2D eigenvalue weighted by molar-refractivity contribution is 6.31. The van der Waals surface area contributed by atoms with Crippen LogP contribution in [0, 0.1) is 57.6 Å². The number of ether oxygens (including phenoxy) is 5. The number of nitrogens with zero attached hydrogens (tertiary/aromatic N) is 8. The Morgan fingerprint density at radius 2 is 0.906 bits per heavy atom. The lowest BCUT2D eigenvalue weighted by Crippen LogP contribution is -2.14. The number of benzene rings is 6. The monoisotopic (exact) mass is 1190 g/mol. The molecule has 10 rings (SSSR count). The van der Waals surface area contributed by atoms with Crippen molar-refractivity contribution in [2.75, 3.05) is 27.4 Å². The van der Waals surface area contributed by atoms with Crippen molar-refractivity contribution >= 4 is 57.2 Å². The van der Waals surface area contributed by atoms with Crippen LogP contribution < -0.4 is 9.47 Å². The van der Waals surface area contributed by atoms with E-state index in [1.807, 2.05) is 12.1 Å². The van der Waals surface area contributed by atoms with Crippen LogP contribution in [0.5, 0.6) is 11.8 Å². The summed E-state index contributed by atoms with van der Waals surface area (Å²) < 4.78 is 124. The van der Waals surface area contributed by atoms with E-state index >= 15 is 17.6 Å². The summed E-state index contributed by atoms with van der Waals surface area (Å²) in [6, 6.07) is 29.3. The molecule has 0 amide bonds. The third-order valence-electron chi connectivity index (χ3n) is 13.5. The summed E-state index contributed by atoms with van der Waals surface area (Å²) in [4.78, 5) is 45.4. The number of aromatic nitrogens is 6. The van der Waals surface area contributed by atoms with Gasteiger partial charge in [-0.15, -0.1) is 0 Å². The minimum absolute atomic E-state index is 0.0444. The summed E-state index contributed by atoms with van der Waals surface area (Å²) in [5.74, 6) is -6.35. The van der Waals surface area contributed by atoms with Crippen molar-refractivity contribution in [1.82, 2.24) is 29.1 Å². The third-order valence-corrected chi connectivity index (χ3v) is 14.0. The summed E-state index contributed by atoms with van der Waals surface area (Å²) in [6.07, 6.45) is -0.435. The molecule has 0 saturated carbocycles. The van der Waals surface area contributed by atoms with Gasteiger partial charge in [-0.25, -0.2) is 55.9 Å². The highest BCUT2D eigenvalue weighted by atomic mass is 35.5. The number of carbonyl (C=O) groups excluding carboxylic acids is 2. The van der Waals surface area contributed by atoms with Crippen LogP contribution in [0.15, 0.2) is 121 Å². The normalized spacial score (nSPS) is 11.2. The largest absolute Gasteiger partial charge is 0.473 e. The van der Waals surface area contributed by atoms with Gasteiger partial charge in [0.2, 0.25) is 11.8 Å². The molecule has 4 heterocycles. The van der Waals surface area contributed by atoms with E-state index in [2.05, 4.69) is 19.9 Å². The smallest absolute Gasteiger partial charge is 0.346 e. The molecule has 15 nitrogen and oxygen atoms in total. The Hall–Kier alpha value is -9.64. The zero-order valence-electron chi connectivity index (χ0n) is 44.7. The Bertz CT molecular complexity index is 4100. The number of halogens is 8. The average molecular weight is 1200 g/mol. The molecule has 0 aliphatic rings. The number of rotatable bonds is 20. The molecule has 10 aromatic rings. The molecule has 0 aliphatic heterocycles. The number of carbonyl (C=O) groups is 2. The number of fused-ring (bicyclic) bond motifs is 2. The van der Waals surface area contributed by atoms with Crippen LogP contribution >= 0.6 is 23.2 Å². The zero-order chi connectivity index (χ0) is 60.1. The Labute approximate surface area is 489 Å². The zero-order valence-corrected chi connectivity index (χ0v) is 46.2. The number of hydrogen-bond donors (Lipinski definition) is 0. The van der Waals surface area contributed by atoms with Gasteiger partial charge in [-0.2, -0.15) is 10.5 Å². The van der Waals surface area contributed by atoms with Crippen LogP contribution in [0.1, 0.15) is 65.7 Å². The standard InChI is InChI=1S/C62H42Cl2F6N8O7/c1-81-13-11-77-55-19-35(7-9-51(55)73-57(77)21-39-17-49(69)43(27-47(39)67)53-23-41(63)25-59(75-53)83-31-37-5-3-33(29-71)15-45(37)65)61(79)85-62(80)36-8-10-52-56(20-36)78(12-14-82-2)58(74-52)22-40-18-50(70)44(28-48(40)68)54-24-42(64)26-60(76-54)84-32-38-6-4-34(30-72)16-46(38)66/h3-10,15-20,23-28H,11-14,21-22,31-32H2,1-2H3. The Balaban J connectivity index is 0.846. The van der Waals surface area contributed by atoms with Gasteiger partial charge in [0.25, 0.3) is 0 Å². The van der Waals surface area contributed by atoms with Crippen LogP contribution in [0.2, 0.25) is 10.0 Å². The van der Waals surface area contributed by atoms with Crippen molar-refractivity contribution in [2.24, 2.45) is 0 Å². The van der Waals surface area contributed by atoms with Gasteiger partial charge in [-0.3, -0.25) is 0 Å². The highest BCUT2D eigenvalue weighted by Gasteiger charge is 2.24. The fourth-order valence-corrected chi connectivity index (χ4v) is 9.65. The van der Waals surface area contributed by atoms with E-state index in [0.717, 1.165) is 36.4 Å². The molecule has 4 aromatic heterocycles. The SMILES string of the molecule is COCCn1c(Cc2cc(F)c(-c3cc(Cl)cc(OCc4ccc(C#N)cc4F)n3)cc2F)nc2ccc(C(=O)OC(=O)c3ccc4nc(Cc5cc(F)c(-c6cc(Cl)cc(OCc7ccc(C#N)cc7F)n6)cc5F)n(CCOC)c4c3)cc21. The van der Waals surface area contributed by atoms with E-state index in [0.29, 0.717) is 22.1 Å². The Kier molecular flexibility index (Phi) is 17.5. The van der Waals surface area contributed by atoms with Gasteiger partial charge in [-0.05, 0) is 108 Å². The van der Waals surface area contributed by atoms with Crippen LogP contribution in [-0.4, -0.2) is 68.4 Å². The fraction of sp³-hybridized carbons (Fsp3) is 0.161. The van der Waals surface area contributed by atoms with Crippen LogP contribution in [0.25, 0.3) is 44.6 Å². The lowest BCUT2D eigenvalue weighted by atomic mass is 10.0. The first-order chi connectivity index (χ1) is 41.0. The molecular weight excluding hydrogens is 1150 g/mol. The van der Waals surface area contributed by atoms with Crippen molar-refractivity contribution in [1.29, 1.82) is 10.5 Å². The van der Waals surface area contributed by atoms with E-state index in [1.54, 1.807) is 9.13 Å². The number of nitriles is 2. The van der Waals surface area contributed by atoms with E-state index in [4.69, 9.17) is 57.4 Å². The molecule has 0 radical (unpaired) electrons. The van der Waals surface area contributed by atoms with Gasteiger partial charge in [-0.1, -0.05) is 35.3 Å². The van der Waals surface area contributed by atoms with E-state index in [9.17, 15) is 18.4 Å². The molecule has 85 heavy (non-hydrogen) atoms. The quantitative estimate of drug-likeness (QED) is 0.0398. The van der Waals surface area contributed by atoms with Gasteiger partial charge in [0.15, 0.2) is 0 Å². The van der Waals surface area contributed by atoms with Crippen molar-refractivity contribution in [3.63, 3.8) is 0 Å². The second kappa shape index (κ2) is 25.5. The van der Waals surface area contributed by atoms with Crippen molar-refractivity contribution in [2.45, 2.75) is 39.1 Å². The molecule has 23 heteroatoms. The lowest BCUT2D eigenvalue weighted by Gasteiger charge is -2.12. The van der Waals surface area contributed by atoms with Gasteiger partial charge >= 0.3 is 11.9 Å². The number of imidazole rings is 2. The molecule has 0 N–H and O–H groups in total. The molecule has 0 fully saturated rings. The second-order valence-electron chi connectivity index (χ2n) is 19.1. The summed E-state index contributed by atoms with van der Waals surface area (Å²) in [7, 11) is 2.94. The summed E-state index contributed by atoms with van der Waals surface area (Å²) in [5.41, 5.74) is 1.17. The topological polar surface area (TPSA) is 189 Å². The average Bonchev–Trinajstić information content (AvgIpc) is 2.24. The summed E-state index contributed by atoms with van der Waals surface area (Å²) >= 11 is 12.6. The van der Waals surface area contributed by atoms with Gasteiger partial charge in [0.1, 0.15) is 59.8 Å². The molecule has 0 bridgehead atoms. The maximum absolute atomic E-state index is 16.0. The minimum atomic E-state index is -1.02. The molecule has 0 atom stereocenters. The number of pyridine rings is 2. The van der Waals surface area contributed by atoms with Gasteiger partial charge < -0.3 is 32.8 Å². The fourth-order valence-electron chi connectivity index (χ4n) is 9.26. The van der Waals surface area contributed by atoms with Crippen molar-refractivity contribution < 1.29 is 59.6 Å². The van der Waals surface area contributed by atoms with E-state index in [-0.39, 0.29) is 153 Å². The van der Waals surface area contributed by atoms with Crippen LogP contribution in [0.3, 0.4) is 0 Å². The second-order valence-corrected chi connectivity index (χ2v) is 19.9. The van der Waals surface area contributed by atoms with E-state index in [1.165, 1.54) is 99.1 Å². The molecule has 6 aromatic carbocycles. The molecule has 428 valence electrons. The first-order valence-electron chi connectivity index (χ1n) is 25.7. The highest BCUT2D eigenvalue weighted by Crippen LogP contribution is 2.34. The Morgan fingerprint density at radius 1 is 0.494 bits per heavy atom. The van der Waals surface area contributed by atoms with Gasteiger partial charge in [0, 0.05) is 84.6 Å². The first-order valence-corrected chi connectivity index (χ1v) is 26.4. The van der Waals surface area contributed by atoms with Crippen LogP contribution in [0.4, 0.5) is 26.3 Å². The van der Waals surface area contributed by atoms with Crippen LogP contribution in [-0.2, 0) is 53.4 Å². The number of esters is 2. The van der Waals surface area contributed by atoms with Gasteiger partial charge in [0.05, 0.1) is 81.1 Å². The maximum Gasteiger partial charge on any atom is 0.346 e. The predicted molar refractivity (Wildman–Crippen MR) is 299 cm³/mol. The molecule has 0 spiro atoms. The van der Waals surface area contributed by atoms with E-state index < -0.39 is 46.8 Å². The maximum atomic E-state index is 16.0. The third kappa shape index (κ3) is 13.1. The van der Waals surface area contributed by atoms with Crippen molar-refractivity contribution in [3.8, 4) is 46.4 Å². The predicted octanol–water partition coefficient (Wildman–Crippen LogP) is 13.0. The summed E-state index contributed by atoms with van der Waals surface area (Å²) in [6.45, 7) is 0.0529.